The van der Waals surface area contributed by atoms with Gasteiger partial charge in [0, 0.05) is 5.57 Å². The van der Waals surface area contributed by atoms with Crippen molar-refractivity contribution in [3.63, 3.8) is 0 Å². The van der Waals surface area contributed by atoms with E-state index in [2.05, 4.69) is 39.8 Å². The van der Waals surface area contributed by atoms with Crippen molar-refractivity contribution in [3.8, 4) is 0 Å². The van der Waals surface area contributed by atoms with Crippen molar-refractivity contribution in [2.75, 3.05) is 20.6 Å². The predicted octanol–water partition coefficient (Wildman–Crippen LogP) is 3.01. The Morgan fingerprint density at radius 1 is 1.38 bits per heavy atom. The Hall–Kier alpha value is -1.71. The molecule has 0 saturated carbocycles. The summed E-state index contributed by atoms with van der Waals surface area (Å²) < 4.78 is 0.467. The number of halogens is 1. The third kappa shape index (κ3) is 5.66. The number of allylic oxidation sites excluding steroid dienone is 1. The highest BCUT2D eigenvalue weighted by atomic mass is 35.5. The van der Waals surface area contributed by atoms with Gasteiger partial charge in [0.05, 0.1) is 20.6 Å². The quantitative estimate of drug-likeness (QED) is 0.242. The van der Waals surface area contributed by atoms with Gasteiger partial charge in [-0.2, -0.15) is 0 Å². The van der Waals surface area contributed by atoms with E-state index in [0.29, 0.717) is 11.0 Å². The molecule has 3 nitrogen and oxygen atoms in total. The highest BCUT2D eigenvalue weighted by Gasteiger charge is 2.46. The van der Waals surface area contributed by atoms with Gasteiger partial charge in [0.1, 0.15) is 10.9 Å². The van der Waals surface area contributed by atoms with Crippen molar-refractivity contribution in [2.45, 2.75) is 10.9 Å². The number of likely N-dealkylation sites (N-methyl/N-ethyl adjacent to an activating group) is 1. The van der Waals surface area contributed by atoms with E-state index in [4.69, 9.17) is 17.3 Å². The lowest BCUT2D eigenvalue weighted by Gasteiger charge is -2.43. The SMILES string of the molecule is C=CC[N+](C)(C)C(C=C)C(Cl)(C=C)C(=C)C(N)=O.C=C[CH2-]. The molecule has 0 aliphatic rings. The average molecular weight is 311 g/mol. The second-order valence-corrected chi connectivity index (χ2v) is 5.66. The summed E-state index contributed by atoms with van der Waals surface area (Å²) in [7, 11) is 3.92. The molecule has 0 aliphatic heterocycles. The molecule has 0 bridgehead atoms. The molecule has 0 aromatic carbocycles. The predicted molar refractivity (Wildman–Crippen MR) is 93.8 cm³/mol. The van der Waals surface area contributed by atoms with Crippen molar-refractivity contribution in [1.29, 1.82) is 0 Å². The number of amides is 1. The molecule has 21 heavy (non-hydrogen) atoms. The number of quaternary nitrogens is 1. The second kappa shape index (κ2) is 9.27. The van der Waals surface area contributed by atoms with Crippen LogP contribution in [0, 0.1) is 6.92 Å². The van der Waals surface area contributed by atoms with Gasteiger partial charge in [0.15, 0.2) is 0 Å². The summed E-state index contributed by atoms with van der Waals surface area (Å²) in [6.07, 6.45) is 6.45. The minimum atomic E-state index is -1.15. The fraction of sp³-hybridized carbons (Fsp3) is 0.294. The van der Waals surface area contributed by atoms with Gasteiger partial charge in [-0.15, -0.1) is 18.2 Å². The summed E-state index contributed by atoms with van der Waals surface area (Å²) in [5.74, 6) is -0.643. The maximum Gasteiger partial charge on any atom is 0.246 e. The van der Waals surface area contributed by atoms with Crippen LogP contribution < -0.4 is 5.73 Å². The van der Waals surface area contributed by atoms with E-state index in [0.717, 1.165) is 0 Å². The van der Waals surface area contributed by atoms with Crippen LogP contribution in [0.25, 0.3) is 0 Å². The number of hydrogen-bond acceptors (Lipinski definition) is 1. The van der Waals surface area contributed by atoms with E-state index < -0.39 is 10.8 Å². The van der Waals surface area contributed by atoms with E-state index in [1.165, 1.54) is 12.2 Å². The van der Waals surface area contributed by atoms with Crippen LogP contribution in [0.2, 0.25) is 0 Å². The molecule has 2 N–H and O–H groups in total. The maximum atomic E-state index is 11.3. The Morgan fingerprint density at radius 2 is 1.81 bits per heavy atom. The summed E-state index contributed by atoms with van der Waals surface area (Å²) >= 11 is 6.52. The van der Waals surface area contributed by atoms with Gasteiger partial charge in [0.25, 0.3) is 0 Å². The minimum Gasteiger partial charge on any atom is -0.366 e. The first-order chi connectivity index (χ1) is 9.58. The van der Waals surface area contributed by atoms with Crippen molar-refractivity contribution < 1.29 is 9.28 Å². The number of hydrogen-bond donors (Lipinski definition) is 1. The molecule has 0 saturated heterocycles. The van der Waals surface area contributed by atoms with Gasteiger partial charge in [-0.05, 0) is 12.2 Å². The number of primary amides is 1. The second-order valence-electron chi connectivity index (χ2n) is 5.03. The van der Waals surface area contributed by atoms with Crippen LogP contribution in [-0.2, 0) is 4.79 Å². The molecule has 4 heteroatoms. The number of nitrogens with zero attached hydrogens (tertiary/aromatic N) is 1. The minimum absolute atomic E-state index is 0.110. The van der Waals surface area contributed by atoms with Crippen LogP contribution in [0.4, 0.5) is 0 Å². The fourth-order valence-electron chi connectivity index (χ4n) is 2.02. The van der Waals surface area contributed by atoms with Gasteiger partial charge in [-0.25, -0.2) is 19.6 Å². The molecule has 2 atom stereocenters. The van der Waals surface area contributed by atoms with Crippen LogP contribution in [-0.4, -0.2) is 41.9 Å². The van der Waals surface area contributed by atoms with Crippen LogP contribution in [0.15, 0.2) is 62.8 Å². The van der Waals surface area contributed by atoms with Crippen molar-refractivity contribution in [1.82, 2.24) is 0 Å². The molecule has 0 aliphatic carbocycles. The van der Waals surface area contributed by atoms with Gasteiger partial charge >= 0.3 is 0 Å². The maximum absolute atomic E-state index is 11.3. The molecule has 118 valence electrons. The topological polar surface area (TPSA) is 43.1 Å². The Kier molecular flexibility index (Phi) is 9.53. The fourth-order valence-corrected chi connectivity index (χ4v) is 2.47. The first kappa shape index (κ1) is 21.6. The summed E-state index contributed by atoms with van der Waals surface area (Å²) in [5.41, 5.74) is 5.39. The number of alkyl halides is 1. The first-order valence-electron chi connectivity index (χ1n) is 6.36. The van der Waals surface area contributed by atoms with E-state index >= 15 is 0 Å². The Labute approximate surface area is 134 Å². The molecule has 0 fully saturated rings. The van der Waals surface area contributed by atoms with Crippen molar-refractivity contribution in [3.05, 3.63) is 69.7 Å². The third-order valence-electron chi connectivity index (χ3n) is 3.06. The zero-order valence-electron chi connectivity index (χ0n) is 13.1. The first-order valence-corrected chi connectivity index (χ1v) is 6.74. The molecule has 0 heterocycles. The summed E-state index contributed by atoms with van der Waals surface area (Å²) in [6, 6.07) is -0.297. The standard InChI is InChI=1S/C14H21ClN2O.C3H5/c1-7-10-17(5,6)12(8-2)14(15,9-3)11(4)13(16)18;1-3-2/h7-9,12H,1-4,10H2,5-6H3,(H-,16,18);3H,1-2H2/q;-1/p+1. The smallest absolute Gasteiger partial charge is 0.246 e. The Bertz CT molecular complexity index is 427. The zero-order chi connectivity index (χ0) is 17.3. The molecule has 0 spiro atoms. The molecule has 0 radical (unpaired) electrons. The largest absolute Gasteiger partial charge is 0.366 e. The number of nitrogens with two attached hydrogens (primary N) is 1. The van der Waals surface area contributed by atoms with E-state index in [9.17, 15) is 4.79 Å². The molecule has 2 unspecified atom stereocenters. The number of carbonyl (C=O) groups excluding carboxylic acids is 1. The molecular weight excluding hydrogens is 284 g/mol. The van der Waals surface area contributed by atoms with Gasteiger partial charge < -0.3 is 10.2 Å². The lowest BCUT2D eigenvalue weighted by atomic mass is 9.88. The highest BCUT2D eigenvalue weighted by Crippen LogP contribution is 2.35. The average Bonchev–Trinajstić information content (AvgIpc) is 2.38. The lowest BCUT2D eigenvalue weighted by molar-refractivity contribution is -0.903. The van der Waals surface area contributed by atoms with Crippen molar-refractivity contribution in [2.24, 2.45) is 5.73 Å². The van der Waals surface area contributed by atoms with Crippen LogP contribution >= 0.6 is 11.6 Å². The Balaban J connectivity index is 0. The lowest BCUT2D eigenvalue weighted by Crippen LogP contribution is -2.58. The van der Waals surface area contributed by atoms with Crippen LogP contribution in [0.5, 0.6) is 0 Å². The third-order valence-corrected chi connectivity index (χ3v) is 3.67. The van der Waals surface area contributed by atoms with Gasteiger partial charge in [-0.1, -0.05) is 25.8 Å². The highest BCUT2D eigenvalue weighted by molar-refractivity contribution is 6.31. The summed E-state index contributed by atoms with van der Waals surface area (Å²) in [4.78, 5) is 10.2. The van der Waals surface area contributed by atoms with Gasteiger partial charge in [-0.3, -0.25) is 4.79 Å². The summed E-state index contributed by atoms with van der Waals surface area (Å²) in [6.45, 7) is 22.0. The van der Waals surface area contributed by atoms with Gasteiger partial charge in [0.2, 0.25) is 5.91 Å². The van der Waals surface area contributed by atoms with E-state index in [1.54, 1.807) is 12.2 Å². The van der Waals surface area contributed by atoms with E-state index in [1.807, 2.05) is 14.1 Å². The molecule has 0 aromatic heterocycles. The van der Waals surface area contributed by atoms with Crippen molar-refractivity contribution >= 4 is 17.5 Å². The monoisotopic (exact) mass is 310 g/mol. The zero-order valence-corrected chi connectivity index (χ0v) is 13.9. The van der Waals surface area contributed by atoms with Crippen LogP contribution in [0.1, 0.15) is 0 Å². The normalized spacial score (nSPS) is 14.4. The molecule has 1 amide bonds. The number of carbonyl (C=O) groups is 1. The summed E-state index contributed by atoms with van der Waals surface area (Å²) in [5, 5.41) is 0. The van der Waals surface area contributed by atoms with Crippen LogP contribution in [0.3, 0.4) is 0 Å². The number of rotatable bonds is 8. The molecule has 0 aromatic rings. The Morgan fingerprint density at radius 3 is 2.05 bits per heavy atom. The molecular formula is C17H27ClN2O. The van der Waals surface area contributed by atoms with E-state index in [-0.39, 0.29) is 11.6 Å². The molecule has 0 rings (SSSR count).